The third kappa shape index (κ3) is 3.42. The summed E-state index contributed by atoms with van der Waals surface area (Å²) >= 11 is 0. The Labute approximate surface area is 92.5 Å². The summed E-state index contributed by atoms with van der Waals surface area (Å²) in [6.07, 6.45) is 3.02. The van der Waals surface area contributed by atoms with E-state index in [0.29, 0.717) is 5.92 Å². The van der Waals surface area contributed by atoms with E-state index in [-0.39, 0.29) is 0 Å². The van der Waals surface area contributed by atoms with Crippen LogP contribution in [-0.2, 0) is 0 Å². The number of hydrogen-bond donors (Lipinski definition) is 1. The number of aromatic nitrogens is 1. The number of hydrogen-bond acceptors (Lipinski definition) is 3. The van der Waals surface area contributed by atoms with Crippen LogP contribution in [0.15, 0.2) is 18.3 Å². The van der Waals surface area contributed by atoms with Gasteiger partial charge in [-0.1, -0.05) is 20.3 Å². The second-order valence-corrected chi connectivity index (χ2v) is 4.16. The minimum absolute atomic E-state index is 0.695. The molecule has 0 fully saturated rings. The normalized spacial score (nSPS) is 12.3. The maximum absolute atomic E-state index is 4.35. The van der Waals surface area contributed by atoms with Crippen LogP contribution in [0.3, 0.4) is 0 Å². The Hall–Kier alpha value is -1.25. The fourth-order valence-electron chi connectivity index (χ4n) is 1.32. The fourth-order valence-corrected chi connectivity index (χ4v) is 1.32. The lowest BCUT2D eigenvalue weighted by Gasteiger charge is -2.18. The molecule has 1 atom stereocenters. The van der Waals surface area contributed by atoms with Crippen LogP contribution >= 0.6 is 0 Å². The minimum Gasteiger partial charge on any atom is -0.382 e. The van der Waals surface area contributed by atoms with Gasteiger partial charge < -0.3 is 10.2 Å². The lowest BCUT2D eigenvalue weighted by molar-refractivity contribution is 0.593. The summed E-state index contributed by atoms with van der Waals surface area (Å²) in [7, 11) is 4.02. The maximum Gasteiger partial charge on any atom is 0.151 e. The van der Waals surface area contributed by atoms with Crippen LogP contribution in [-0.4, -0.2) is 25.6 Å². The molecule has 15 heavy (non-hydrogen) atoms. The molecule has 3 heteroatoms. The molecular weight excluding hydrogens is 186 g/mol. The second kappa shape index (κ2) is 5.59. The molecule has 0 aliphatic carbocycles. The Balaban J connectivity index is 2.67. The third-order valence-corrected chi connectivity index (χ3v) is 2.55. The van der Waals surface area contributed by atoms with E-state index in [1.54, 1.807) is 0 Å². The molecule has 0 aromatic carbocycles. The predicted molar refractivity (Wildman–Crippen MR) is 66.5 cm³/mol. The first-order valence-electron chi connectivity index (χ1n) is 5.51. The zero-order valence-electron chi connectivity index (χ0n) is 10.1. The maximum atomic E-state index is 4.35. The van der Waals surface area contributed by atoms with Crippen molar-refractivity contribution >= 4 is 11.5 Å². The van der Waals surface area contributed by atoms with Gasteiger partial charge in [-0.2, -0.15) is 0 Å². The molecule has 1 heterocycles. The van der Waals surface area contributed by atoms with E-state index in [2.05, 4.69) is 30.2 Å². The number of rotatable bonds is 5. The summed E-state index contributed by atoms with van der Waals surface area (Å²) < 4.78 is 0. The molecule has 0 saturated carbocycles. The average Bonchev–Trinajstić information content (AvgIpc) is 2.26. The van der Waals surface area contributed by atoms with Crippen LogP contribution in [0, 0.1) is 5.92 Å². The molecule has 3 nitrogen and oxygen atoms in total. The van der Waals surface area contributed by atoms with Crippen molar-refractivity contribution in [3.05, 3.63) is 18.3 Å². The highest BCUT2D eigenvalue weighted by Gasteiger charge is 2.05. The molecule has 1 aromatic rings. The minimum atomic E-state index is 0.695. The molecular formula is C12H21N3. The first-order chi connectivity index (χ1) is 7.15. The van der Waals surface area contributed by atoms with Crippen LogP contribution in [0.1, 0.15) is 20.3 Å². The van der Waals surface area contributed by atoms with E-state index in [1.807, 2.05) is 31.3 Å². The van der Waals surface area contributed by atoms with Crippen molar-refractivity contribution in [2.45, 2.75) is 20.3 Å². The molecule has 1 unspecified atom stereocenters. The van der Waals surface area contributed by atoms with Gasteiger partial charge in [-0.15, -0.1) is 0 Å². The van der Waals surface area contributed by atoms with Crippen LogP contribution in [0.25, 0.3) is 0 Å². The van der Waals surface area contributed by atoms with Gasteiger partial charge in [-0.05, 0) is 18.1 Å². The molecule has 0 saturated heterocycles. The van der Waals surface area contributed by atoms with Gasteiger partial charge >= 0.3 is 0 Å². The second-order valence-electron chi connectivity index (χ2n) is 4.16. The van der Waals surface area contributed by atoms with E-state index in [1.165, 1.54) is 6.42 Å². The number of pyridine rings is 1. The zero-order valence-corrected chi connectivity index (χ0v) is 10.1. The standard InChI is InChI=1S/C12H21N3/c1-5-10(2)9-14-11-7-6-8-13-12(11)15(3)4/h6-8,10,14H,5,9H2,1-4H3. The van der Waals surface area contributed by atoms with E-state index in [4.69, 9.17) is 0 Å². The molecule has 1 aromatic heterocycles. The van der Waals surface area contributed by atoms with E-state index >= 15 is 0 Å². The average molecular weight is 207 g/mol. The molecule has 0 spiro atoms. The van der Waals surface area contributed by atoms with Gasteiger partial charge in [-0.25, -0.2) is 4.98 Å². The first-order valence-corrected chi connectivity index (χ1v) is 5.51. The summed E-state index contributed by atoms with van der Waals surface area (Å²) in [6, 6.07) is 4.04. The van der Waals surface area contributed by atoms with Crippen molar-refractivity contribution < 1.29 is 0 Å². The van der Waals surface area contributed by atoms with Gasteiger partial charge in [0, 0.05) is 26.8 Å². The topological polar surface area (TPSA) is 28.2 Å². The van der Waals surface area contributed by atoms with Crippen LogP contribution in [0.4, 0.5) is 11.5 Å². The molecule has 1 N–H and O–H groups in total. The predicted octanol–water partition coefficient (Wildman–Crippen LogP) is 2.61. The van der Waals surface area contributed by atoms with Gasteiger partial charge in [-0.3, -0.25) is 0 Å². The largest absolute Gasteiger partial charge is 0.382 e. The number of anilines is 2. The fraction of sp³-hybridized carbons (Fsp3) is 0.583. The summed E-state index contributed by atoms with van der Waals surface area (Å²) in [5, 5.41) is 3.44. The Morgan fingerprint density at radius 2 is 2.20 bits per heavy atom. The Kier molecular flexibility index (Phi) is 4.40. The summed E-state index contributed by atoms with van der Waals surface area (Å²) in [4.78, 5) is 6.37. The molecule has 0 radical (unpaired) electrons. The van der Waals surface area contributed by atoms with Crippen molar-refractivity contribution in [2.75, 3.05) is 30.9 Å². The molecule has 0 bridgehead atoms. The number of nitrogens with one attached hydrogen (secondary N) is 1. The molecule has 1 rings (SSSR count). The van der Waals surface area contributed by atoms with Gasteiger partial charge in [0.05, 0.1) is 5.69 Å². The quantitative estimate of drug-likeness (QED) is 0.804. The SMILES string of the molecule is CCC(C)CNc1cccnc1N(C)C. The Bertz CT molecular complexity index is 297. The Morgan fingerprint density at radius 3 is 2.80 bits per heavy atom. The van der Waals surface area contributed by atoms with E-state index in [0.717, 1.165) is 18.1 Å². The first kappa shape index (κ1) is 11.8. The monoisotopic (exact) mass is 207 g/mol. The Morgan fingerprint density at radius 1 is 1.47 bits per heavy atom. The van der Waals surface area contributed by atoms with Crippen molar-refractivity contribution in [1.82, 2.24) is 4.98 Å². The van der Waals surface area contributed by atoms with E-state index < -0.39 is 0 Å². The molecule has 0 amide bonds. The van der Waals surface area contributed by atoms with Crippen molar-refractivity contribution in [2.24, 2.45) is 5.92 Å². The lowest BCUT2D eigenvalue weighted by Crippen LogP contribution is -2.16. The smallest absolute Gasteiger partial charge is 0.151 e. The van der Waals surface area contributed by atoms with E-state index in [9.17, 15) is 0 Å². The zero-order chi connectivity index (χ0) is 11.3. The van der Waals surface area contributed by atoms with Crippen LogP contribution < -0.4 is 10.2 Å². The lowest BCUT2D eigenvalue weighted by atomic mass is 10.1. The molecule has 0 aliphatic rings. The number of nitrogens with zero attached hydrogens (tertiary/aromatic N) is 2. The highest BCUT2D eigenvalue weighted by molar-refractivity contribution is 5.64. The van der Waals surface area contributed by atoms with Crippen molar-refractivity contribution in [1.29, 1.82) is 0 Å². The van der Waals surface area contributed by atoms with Crippen LogP contribution in [0.2, 0.25) is 0 Å². The summed E-state index contributed by atoms with van der Waals surface area (Å²) in [5.74, 6) is 1.70. The summed E-state index contributed by atoms with van der Waals surface area (Å²) in [6.45, 7) is 5.46. The van der Waals surface area contributed by atoms with Crippen molar-refractivity contribution in [3.8, 4) is 0 Å². The highest BCUT2D eigenvalue weighted by Crippen LogP contribution is 2.20. The molecule has 84 valence electrons. The van der Waals surface area contributed by atoms with Gasteiger partial charge in [0.2, 0.25) is 0 Å². The van der Waals surface area contributed by atoms with Gasteiger partial charge in [0.25, 0.3) is 0 Å². The van der Waals surface area contributed by atoms with Gasteiger partial charge in [0.1, 0.15) is 0 Å². The van der Waals surface area contributed by atoms with Gasteiger partial charge in [0.15, 0.2) is 5.82 Å². The highest BCUT2D eigenvalue weighted by atomic mass is 15.2. The third-order valence-electron chi connectivity index (χ3n) is 2.55. The van der Waals surface area contributed by atoms with Crippen LogP contribution in [0.5, 0.6) is 0 Å². The van der Waals surface area contributed by atoms with Crippen molar-refractivity contribution in [3.63, 3.8) is 0 Å². The molecule has 0 aliphatic heterocycles. The summed E-state index contributed by atoms with van der Waals surface area (Å²) in [5.41, 5.74) is 1.11.